The van der Waals surface area contributed by atoms with Crippen LogP contribution in [0.4, 0.5) is 0 Å². The molecule has 0 radical (unpaired) electrons. The van der Waals surface area contributed by atoms with Crippen molar-refractivity contribution in [2.75, 3.05) is 0 Å². The van der Waals surface area contributed by atoms with E-state index in [0.717, 1.165) is 0 Å². The topological polar surface area (TPSA) is 72.8 Å². The summed E-state index contributed by atoms with van der Waals surface area (Å²) in [5, 5.41) is 9.34. The predicted octanol–water partition coefficient (Wildman–Crippen LogP) is 1.95. The Kier molecular flexibility index (Phi) is 3.94. The van der Waals surface area contributed by atoms with Gasteiger partial charge < -0.3 is 5.11 Å². The highest BCUT2D eigenvalue weighted by atomic mass is 17.3. The van der Waals surface area contributed by atoms with E-state index >= 15 is 0 Å². The molecule has 0 aliphatic carbocycles. The molecule has 1 aliphatic heterocycles. The second kappa shape index (κ2) is 4.74. The van der Waals surface area contributed by atoms with Crippen LogP contribution in [0.25, 0.3) is 0 Å². The summed E-state index contributed by atoms with van der Waals surface area (Å²) >= 11 is 0. The molecule has 1 rings (SSSR count). The Morgan fingerprint density at radius 1 is 1.29 bits per heavy atom. The van der Waals surface area contributed by atoms with Crippen LogP contribution in [0, 0.1) is 5.41 Å². The number of hydrogen-bond donors (Lipinski definition) is 1. The highest BCUT2D eigenvalue weighted by molar-refractivity contribution is 6.07. The highest BCUT2D eigenvalue weighted by Gasteiger charge is 2.61. The molecule has 0 aromatic carbocycles. The van der Waals surface area contributed by atoms with E-state index in [9.17, 15) is 14.7 Å². The molecule has 98 valence electrons. The minimum Gasteiger partial charge on any atom is -0.480 e. The molecule has 1 N–H and O–H groups in total. The summed E-state index contributed by atoms with van der Waals surface area (Å²) in [5.74, 6) is -1.45. The number of Topliss-reactive ketones (excluding diaryl/α,β-unsaturated/α-hetero) is 1. The molecule has 5 heteroatoms. The lowest BCUT2D eigenvalue weighted by molar-refractivity contribution is -0.490. The van der Waals surface area contributed by atoms with Gasteiger partial charge in [-0.2, -0.15) is 0 Å². The number of carboxylic acids is 1. The van der Waals surface area contributed by atoms with E-state index < -0.39 is 23.1 Å². The van der Waals surface area contributed by atoms with Gasteiger partial charge in [-0.1, -0.05) is 20.8 Å². The zero-order chi connectivity index (χ0) is 13.3. The SMILES string of the molecule is CCC(CC)(C(=O)O)C(=O)C1(CC)OOC1C. The third kappa shape index (κ3) is 1.77. The van der Waals surface area contributed by atoms with Gasteiger partial charge in [-0.15, -0.1) is 0 Å². The number of carbonyl (C=O) groups is 2. The first-order chi connectivity index (χ1) is 7.91. The molecule has 1 heterocycles. The molecule has 0 saturated carbocycles. The van der Waals surface area contributed by atoms with Gasteiger partial charge in [0.1, 0.15) is 11.5 Å². The minimum absolute atomic E-state index is 0.259. The van der Waals surface area contributed by atoms with Crippen LogP contribution in [-0.4, -0.2) is 28.6 Å². The van der Waals surface area contributed by atoms with Gasteiger partial charge >= 0.3 is 5.97 Å². The van der Waals surface area contributed by atoms with E-state index in [2.05, 4.69) is 0 Å². The number of aliphatic carboxylic acids is 1. The summed E-state index contributed by atoms with van der Waals surface area (Å²) < 4.78 is 0. The Hall–Kier alpha value is -0.940. The van der Waals surface area contributed by atoms with Gasteiger partial charge in [-0.25, -0.2) is 9.78 Å². The summed E-state index contributed by atoms with van der Waals surface area (Å²) in [6.45, 7) is 6.95. The van der Waals surface area contributed by atoms with Crippen molar-refractivity contribution >= 4 is 11.8 Å². The van der Waals surface area contributed by atoms with Crippen molar-refractivity contribution < 1.29 is 24.5 Å². The molecule has 17 heavy (non-hydrogen) atoms. The molecule has 1 saturated heterocycles. The first-order valence-electron chi connectivity index (χ1n) is 6.04. The number of hydrogen-bond acceptors (Lipinski definition) is 4. The number of ketones is 1. The molecule has 5 nitrogen and oxygen atoms in total. The Labute approximate surface area is 101 Å². The van der Waals surface area contributed by atoms with Gasteiger partial charge in [0, 0.05) is 0 Å². The summed E-state index contributed by atoms with van der Waals surface area (Å²) in [6.07, 6.45) is 0.546. The molecule has 0 aromatic heterocycles. The lowest BCUT2D eigenvalue weighted by Crippen LogP contribution is -2.65. The van der Waals surface area contributed by atoms with E-state index in [4.69, 9.17) is 9.78 Å². The number of carboxylic acid groups (broad SMARTS) is 1. The third-order valence-electron chi connectivity index (χ3n) is 3.96. The maximum atomic E-state index is 12.5. The van der Waals surface area contributed by atoms with Crippen molar-refractivity contribution in [2.24, 2.45) is 5.41 Å². The molecule has 1 fully saturated rings. The number of carbonyl (C=O) groups excluding carboxylic acids is 1. The van der Waals surface area contributed by atoms with Gasteiger partial charge in [0.2, 0.25) is 0 Å². The molecular formula is C12H20O5. The summed E-state index contributed by atoms with van der Waals surface area (Å²) in [5.41, 5.74) is -2.46. The van der Waals surface area contributed by atoms with Crippen molar-refractivity contribution in [3.05, 3.63) is 0 Å². The Morgan fingerprint density at radius 3 is 2.00 bits per heavy atom. The van der Waals surface area contributed by atoms with Crippen LogP contribution in [0.3, 0.4) is 0 Å². The molecule has 0 aromatic rings. The smallest absolute Gasteiger partial charge is 0.317 e. The van der Waals surface area contributed by atoms with Gasteiger partial charge in [0.15, 0.2) is 11.4 Å². The lowest BCUT2D eigenvalue weighted by atomic mass is 9.69. The van der Waals surface area contributed by atoms with Crippen molar-refractivity contribution in [1.29, 1.82) is 0 Å². The van der Waals surface area contributed by atoms with Gasteiger partial charge in [-0.05, 0) is 26.2 Å². The highest BCUT2D eigenvalue weighted by Crippen LogP contribution is 2.42. The molecule has 2 unspecified atom stereocenters. The van der Waals surface area contributed by atoms with Crippen molar-refractivity contribution in [3.63, 3.8) is 0 Å². The molecule has 1 aliphatic rings. The standard InChI is InChI=1S/C12H20O5/c1-5-11(6-2,10(14)15)9(13)12(7-3)8(4)16-17-12/h8H,5-7H2,1-4H3,(H,14,15). The second-order valence-corrected chi connectivity index (χ2v) is 4.49. The van der Waals surface area contributed by atoms with Crippen LogP contribution in [0.15, 0.2) is 0 Å². The van der Waals surface area contributed by atoms with E-state index in [1.54, 1.807) is 27.7 Å². The van der Waals surface area contributed by atoms with Crippen LogP contribution in [0.1, 0.15) is 47.0 Å². The zero-order valence-corrected chi connectivity index (χ0v) is 10.8. The molecule has 0 bridgehead atoms. The van der Waals surface area contributed by atoms with Crippen LogP contribution in [-0.2, 0) is 19.4 Å². The largest absolute Gasteiger partial charge is 0.480 e. The number of rotatable bonds is 6. The quantitative estimate of drug-likeness (QED) is 0.571. The van der Waals surface area contributed by atoms with E-state index in [0.29, 0.717) is 6.42 Å². The maximum absolute atomic E-state index is 12.5. The predicted molar refractivity (Wildman–Crippen MR) is 60.3 cm³/mol. The second-order valence-electron chi connectivity index (χ2n) is 4.49. The van der Waals surface area contributed by atoms with E-state index in [1.807, 2.05) is 0 Å². The molecule has 2 atom stereocenters. The average Bonchev–Trinajstić information content (AvgIpc) is 2.30. The van der Waals surface area contributed by atoms with Crippen LogP contribution >= 0.6 is 0 Å². The van der Waals surface area contributed by atoms with Gasteiger partial charge in [-0.3, -0.25) is 9.59 Å². The Morgan fingerprint density at radius 2 is 1.82 bits per heavy atom. The fraction of sp³-hybridized carbons (Fsp3) is 0.833. The summed E-state index contributed by atoms with van der Waals surface area (Å²) in [6, 6.07) is 0. The first-order valence-corrected chi connectivity index (χ1v) is 6.04. The fourth-order valence-corrected chi connectivity index (χ4v) is 2.37. The normalized spacial score (nSPS) is 28.6. The summed E-state index contributed by atoms with van der Waals surface area (Å²) in [4.78, 5) is 33.7. The van der Waals surface area contributed by atoms with Crippen molar-refractivity contribution in [2.45, 2.75) is 58.7 Å². The van der Waals surface area contributed by atoms with Gasteiger partial charge in [0.25, 0.3) is 0 Å². The summed E-state index contributed by atoms with van der Waals surface area (Å²) in [7, 11) is 0. The Balaban J connectivity index is 3.12. The monoisotopic (exact) mass is 244 g/mol. The van der Waals surface area contributed by atoms with E-state index in [1.165, 1.54) is 0 Å². The maximum Gasteiger partial charge on any atom is 0.317 e. The molecular weight excluding hydrogens is 224 g/mol. The van der Waals surface area contributed by atoms with Crippen molar-refractivity contribution in [3.8, 4) is 0 Å². The minimum atomic E-state index is -1.37. The van der Waals surface area contributed by atoms with Crippen LogP contribution in [0.5, 0.6) is 0 Å². The van der Waals surface area contributed by atoms with Crippen molar-refractivity contribution in [1.82, 2.24) is 0 Å². The zero-order valence-electron chi connectivity index (χ0n) is 10.8. The molecule has 0 amide bonds. The average molecular weight is 244 g/mol. The Bertz CT molecular complexity index is 317. The van der Waals surface area contributed by atoms with Crippen LogP contribution < -0.4 is 0 Å². The first kappa shape index (κ1) is 14.1. The van der Waals surface area contributed by atoms with Gasteiger partial charge in [0.05, 0.1) is 0 Å². The fourth-order valence-electron chi connectivity index (χ4n) is 2.37. The molecule has 0 spiro atoms. The van der Waals surface area contributed by atoms with E-state index in [-0.39, 0.29) is 18.6 Å². The lowest BCUT2D eigenvalue weighted by Gasteiger charge is -2.47. The van der Waals surface area contributed by atoms with Crippen LogP contribution in [0.2, 0.25) is 0 Å². The third-order valence-corrected chi connectivity index (χ3v) is 3.96.